The van der Waals surface area contributed by atoms with E-state index in [1.165, 1.54) is 11.3 Å². The number of hydrogen-bond donors (Lipinski definition) is 0. The van der Waals surface area contributed by atoms with Crippen LogP contribution in [0.4, 0.5) is 0 Å². The van der Waals surface area contributed by atoms with Crippen LogP contribution in [0.2, 0.25) is 0 Å². The Morgan fingerprint density at radius 3 is 3.00 bits per heavy atom. The molecule has 1 amide bonds. The van der Waals surface area contributed by atoms with Crippen LogP contribution in [0.1, 0.15) is 0 Å². The molecule has 0 spiro atoms. The molecule has 1 heterocycles. The van der Waals surface area contributed by atoms with Crippen LogP contribution in [-0.2, 0) is 4.79 Å². The Hall–Kier alpha value is -1.19. The lowest BCUT2D eigenvalue weighted by Crippen LogP contribution is -2.19. The lowest BCUT2D eigenvalue weighted by atomic mass is 10.7. The first-order valence-electron chi connectivity index (χ1n) is 2.19. The Morgan fingerprint density at radius 2 is 2.62 bits per heavy atom. The van der Waals surface area contributed by atoms with Crippen molar-refractivity contribution in [1.29, 1.82) is 0 Å². The van der Waals surface area contributed by atoms with E-state index in [1.54, 1.807) is 6.21 Å². The molecule has 0 aromatic rings. The van der Waals surface area contributed by atoms with Gasteiger partial charge in [-0.3, -0.25) is 4.79 Å². The Kier molecular flexibility index (Phi) is 1.37. The zero-order valence-electron chi connectivity index (χ0n) is 4.19. The van der Waals surface area contributed by atoms with Crippen LogP contribution in [0.15, 0.2) is 10.1 Å². The van der Waals surface area contributed by atoms with E-state index in [4.69, 9.17) is 0 Å². The van der Waals surface area contributed by atoms with Crippen LogP contribution in [0.5, 0.6) is 0 Å². The lowest BCUT2D eigenvalue weighted by Gasteiger charge is -2.07. The van der Waals surface area contributed by atoms with Gasteiger partial charge >= 0.3 is 0 Å². The summed E-state index contributed by atoms with van der Waals surface area (Å²) in [5.74, 6) is 0. The number of hydrazone groups is 1. The van der Waals surface area contributed by atoms with Crippen molar-refractivity contribution in [3.8, 4) is 0 Å². The van der Waals surface area contributed by atoms with E-state index in [9.17, 15) is 4.79 Å². The van der Waals surface area contributed by atoms with Gasteiger partial charge in [-0.25, -0.2) is 10.0 Å². The summed E-state index contributed by atoms with van der Waals surface area (Å²) in [6.45, 7) is 0.486. The number of carbonyl (C=O) groups excluding carboxylic acids is 1. The number of nitrogens with zero attached hydrogens (tertiary/aromatic N) is 3. The largest absolute Gasteiger partial charge is 0.277 e. The second-order valence-electron chi connectivity index (χ2n) is 1.29. The van der Waals surface area contributed by atoms with Crippen molar-refractivity contribution in [3.05, 3.63) is 0 Å². The molecule has 0 radical (unpaired) electrons. The predicted molar refractivity (Wildman–Crippen MR) is 29.8 cm³/mol. The summed E-state index contributed by atoms with van der Waals surface area (Å²) >= 11 is 0. The first kappa shape index (κ1) is 4.96. The summed E-state index contributed by atoms with van der Waals surface area (Å²) < 4.78 is 0. The summed E-state index contributed by atoms with van der Waals surface area (Å²) in [4.78, 5) is 13.6. The first-order chi connectivity index (χ1) is 3.93. The van der Waals surface area contributed by atoms with Gasteiger partial charge in [0.25, 0.3) is 0 Å². The van der Waals surface area contributed by atoms with Gasteiger partial charge in [0.05, 0.1) is 6.54 Å². The van der Waals surface area contributed by atoms with Crippen molar-refractivity contribution < 1.29 is 4.79 Å². The van der Waals surface area contributed by atoms with Gasteiger partial charge in [-0.05, 0) is 0 Å². The molecule has 0 unspecified atom stereocenters. The third-order valence-corrected chi connectivity index (χ3v) is 0.762. The van der Waals surface area contributed by atoms with Gasteiger partial charge in [0, 0.05) is 6.21 Å². The smallest absolute Gasteiger partial charge is 0.230 e. The number of carbonyl (C=O) groups is 1. The van der Waals surface area contributed by atoms with Crippen molar-refractivity contribution in [1.82, 2.24) is 5.01 Å². The van der Waals surface area contributed by atoms with Crippen LogP contribution in [0.25, 0.3) is 0 Å². The quantitative estimate of drug-likeness (QED) is 0.419. The van der Waals surface area contributed by atoms with E-state index in [0.717, 1.165) is 0 Å². The van der Waals surface area contributed by atoms with Gasteiger partial charge in [-0.15, -0.1) is 0 Å². The summed E-state index contributed by atoms with van der Waals surface area (Å²) in [7, 11) is 0. The van der Waals surface area contributed by atoms with Crippen molar-refractivity contribution in [2.75, 3.05) is 6.54 Å². The molecule has 0 aromatic carbocycles. The number of hydrogen-bond acceptors (Lipinski definition) is 3. The second kappa shape index (κ2) is 2.20. The topological polar surface area (TPSA) is 45.0 Å². The fraction of sp³-hybridized carbons (Fsp3) is 0.250. The molecule has 0 bridgehead atoms. The van der Waals surface area contributed by atoms with Gasteiger partial charge < -0.3 is 0 Å². The number of rotatable bonds is 1. The maximum atomic E-state index is 9.91. The maximum Gasteiger partial charge on any atom is 0.230 e. The van der Waals surface area contributed by atoms with E-state index in [2.05, 4.69) is 10.1 Å². The average Bonchev–Trinajstić information content (AvgIpc) is 1.90. The van der Waals surface area contributed by atoms with Gasteiger partial charge in [-0.2, -0.15) is 5.10 Å². The van der Waals surface area contributed by atoms with Crippen LogP contribution < -0.4 is 0 Å². The Balaban J connectivity index is 2.51. The monoisotopic (exact) mass is 111 g/mol. The van der Waals surface area contributed by atoms with Gasteiger partial charge in [0.15, 0.2) is 0 Å². The van der Waals surface area contributed by atoms with E-state index < -0.39 is 0 Å². The Bertz CT molecular complexity index is 140. The molecule has 1 aliphatic heterocycles. The first-order valence-corrected chi connectivity index (χ1v) is 2.19. The molecule has 1 aliphatic rings. The van der Waals surface area contributed by atoms with E-state index in [0.29, 0.717) is 13.0 Å². The predicted octanol–water partition coefficient (Wildman–Crippen LogP) is -0.528. The number of amides is 1. The molecule has 0 saturated carbocycles. The molecule has 0 aliphatic carbocycles. The lowest BCUT2D eigenvalue weighted by molar-refractivity contribution is -0.117. The van der Waals surface area contributed by atoms with E-state index >= 15 is 0 Å². The second-order valence-corrected chi connectivity index (χ2v) is 1.29. The molecule has 4 heteroatoms. The van der Waals surface area contributed by atoms with Crippen LogP contribution >= 0.6 is 0 Å². The minimum absolute atomic E-state index is 0.486. The van der Waals surface area contributed by atoms with Gasteiger partial charge in [0.1, 0.15) is 6.34 Å². The van der Waals surface area contributed by atoms with E-state index in [-0.39, 0.29) is 0 Å². The minimum Gasteiger partial charge on any atom is -0.277 e. The molecule has 0 atom stereocenters. The average molecular weight is 111 g/mol. The van der Waals surface area contributed by atoms with Crippen molar-refractivity contribution in [3.63, 3.8) is 0 Å². The highest BCUT2D eigenvalue weighted by atomic mass is 16.1. The van der Waals surface area contributed by atoms with Gasteiger partial charge in [0.2, 0.25) is 6.41 Å². The third kappa shape index (κ3) is 0.900. The summed E-state index contributed by atoms with van der Waals surface area (Å²) in [5.41, 5.74) is 0. The number of aliphatic imine (C=N–C) groups is 1. The highest BCUT2D eigenvalue weighted by molar-refractivity contribution is 5.77. The fourth-order valence-corrected chi connectivity index (χ4v) is 0.391. The molecule has 0 fully saturated rings. The summed E-state index contributed by atoms with van der Waals surface area (Å²) in [6.07, 6.45) is 3.60. The standard InChI is InChI=1S/C4H5N3O/c8-4-7-2-1-5-3-6-7/h1,3-4H,2H2. The van der Waals surface area contributed by atoms with Crippen LogP contribution in [0, 0.1) is 0 Å². The van der Waals surface area contributed by atoms with Crippen molar-refractivity contribution in [2.24, 2.45) is 10.1 Å². The molecule has 0 N–H and O–H groups in total. The molecule has 8 heavy (non-hydrogen) atoms. The molecule has 0 aromatic heterocycles. The zero-order valence-corrected chi connectivity index (χ0v) is 4.19. The Morgan fingerprint density at radius 1 is 1.75 bits per heavy atom. The third-order valence-electron chi connectivity index (χ3n) is 0.762. The van der Waals surface area contributed by atoms with Crippen molar-refractivity contribution >= 4 is 19.0 Å². The molecular formula is C4H5N3O. The summed E-state index contributed by atoms with van der Waals surface area (Å²) in [6, 6.07) is 0. The van der Waals surface area contributed by atoms with Crippen molar-refractivity contribution in [2.45, 2.75) is 0 Å². The fourth-order valence-electron chi connectivity index (χ4n) is 0.391. The highest BCUT2D eigenvalue weighted by Crippen LogP contribution is 1.83. The molecule has 0 saturated heterocycles. The molecule has 42 valence electrons. The molecular weight excluding hydrogens is 106 g/mol. The van der Waals surface area contributed by atoms with Crippen LogP contribution in [-0.4, -0.2) is 30.5 Å². The summed E-state index contributed by atoms with van der Waals surface area (Å²) in [5, 5.41) is 4.85. The Labute approximate surface area is 46.5 Å². The molecule has 4 nitrogen and oxygen atoms in total. The zero-order chi connectivity index (χ0) is 5.82. The molecule has 1 rings (SSSR count). The maximum absolute atomic E-state index is 9.91. The van der Waals surface area contributed by atoms with E-state index in [1.807, 2.05) is 0 Å². The van der Waals surface area contributed by atoms with Crippen LogP contribution in [0.3, 0.4) is 0 Å². The minimum atomic E-state index is 0.486. The van der Waals surface area contributed by atoms with Gasteiger partial charge in [-0.1, -0.05) is 0 Å². The highest BCUT2D eigenvalue weighted by Gasteiger charge is 1.95. The SMILES string of the molecule is O=CN1CC=NC=N1. The normalized spacial score (nSPS) is 16.8.